The van der Waals surface area contributed by atoms with Crippen LogP contribution in [0, 0.1) is 11.8 Å². The van der Waals surface area contributed by atoms with Crippen LogP contribution in [0.25, 0.3) is 0 Å². The molecule has 1 aliphatic carbocycles. The van der Waals surface area contributed by atoms with Gasteiger partial charge in [0.1, 0.15) is 0 Å². The summed E-state index contributed by atoms with van der Waals surface area (Å²) in [6.45, 7) is 2.07. The molecule has 3 nitrogen and oxygen atoms in total. The number of carboxylic acids is 1. The highest BCUT2D eigenvalue weighted by molar-refractivity contribution is 5.79. The predicted molar refractivity (Wildman–Crippen MR) is 78.5 cm³/mol. The Morgan fingerprint density at radius 1 is 1.35 bits per heavy atom. The van der Waals surface area contributed by atoms with E-state index in [1.54, 1.807) is 6.08 Å². The second kappa shape index (κ2) is 6.71. The van der Waals surface area contributed by atoms with Crippen molar-refractivity contribution in [1.29, 1.82) is 0 Å². The Hall–Kier alpha value is -1.61. The van der Waals surface area contributed by atoms with Crippen LogP contribution in [0.15, 0.2) is 42.5 Å². The number of hydrogen-bond acceptors (Lipinski definition) is 2. The lowest BCUT2D eigenvalue weighted by Crippen LogP contribution is -2.35. The van der Waals surface area contributed by atoms with Crippen molar-refractivity contribution in [2.75, 3.05) is 0 Å². The summed E-state index contributed by atoms with van der Waals surface area (Å²) in [5.41, 5.74) is 1.35. The minimum absolute atomic E-state index is 0.187. The number of carbonyl (C=O) groups is 1. The number of hydrogen-bond donors (Lipinski definition) is 2. The molecule has 0 radical (unpaired) electrons. The summed E-state index contributed by atoms with van der Waals surface area (Å²) in [6, 6.07) is 10.4. The molecule has 1 fully saturated rings. The minimum Gasteiger partial charge on any atom is -0.478 e. The lowest BCUT2D eigenvalue weighted by Gasteiger charge is -2.42. The van der Waals surface area contributed by atoms with Crippen molar-refractivity contribution >= 4 is 5.97 Å². The summed E-state index contributed by atoms with van der Waals surface area (Å²) in [6.07, 6.45) is 4.90. The SMILES string of the molecule is C[C@H]([C@H]1CC[C@@H]1c1ccccc1)[C@@H](O)C/C=C/C(=O)O. The first kappa shape index (κ1) is 14.8. The highest BCUT2D eigenvalue weighted by Gasteiger charge is 2.38. The Labute approximate surface area is 120 Å². The fourth-order valence-electron chi connectivity index (χ4n) is 3.08. The molecule has 0 bridgehead atoms. The Morgan fingerprint density at radius 3 is 2.60 bits per heavy atom. The van der Waals surface area contributed by atoms with Gasteiger partial charge in [0.05, 0.1) is 6.10 Å². The topological polar surface area (TPSA) is 57.5 Å². The second-order valence-corrected chi connectivity index (χ2v) is 5.66. The van der Waals surface area contributed by atoms with E-state index in [1.165, 1.54) is 12.0 Å². The fourth-order valence-corrected chi connectivity index (χ4v) is 3.08. The van der Waals surface area contributed by atoms with Crippen molar-refractivity contribution in [3.05, 3.63) is 48.0 Å². The van der Waals surface area contributed by atoms with Gasteiger partial charge in [0, 0.05) is 6.08 Å². The van der Waals surface area contributed by atoms with E-state index in [0.29, 0.717) is 18.3 Å². The summed E-state index contributed by atoms with van der Waals surface area (Å²) in [4.78, 5) is 10.4. The largest absolute Gasteiger partial charge is 0.478 e. The molecule has 108 valence electrons. The third-order valence-corrected chi connectivity index (χ3v) is 4.48. The van der Waals surface area contributed by atoms with Crippen LogP contribution in [0.5, 0.6) is 0 Å². The van der Waals surface area contributed by atoms with Gasteiger partial charge in [-0.15, -0.1) is 0 Å². The van der Waals surface area contributed by atoms with Crippen LogP contribution in [-0.2, 0) is 4.79 Å². The second-order valence-electron chi connectivity index (χ2n) is 5.66. The first-order valence-electron chi connectivity index (χ1n) is 7.22. The quantitative estimate of drug-likeness (QED) is 0.783. The zero-order chi connectivity index (χ0) is 14.5. The van der Waals surface area contributed by atoms with E-state index in [9.17, 15) is 9.90 Å². The van der Waals surface area contributed by atoms with Gasteiger partial charge in [0.25, 0.3) is 0 Å². The van der Waals surface area contributed by atoms with Gasteiger partial charge >= 0.3 is 5.97 Å². The van der Waals surface area contributed by atoms with Gasteiger partial charge in [0.15, 0.2) is 0 Å². The van der Waals surface area contributed by atoms with Gasteiger partial charge in [-0.1, -0.05) is 43.3 Å². The molecule has 2 N–H and O–H groups in total. The highest BCUT2D eigenvalue weighted by Crippen LogP contribution is 2.47. The van der Waals surface area contributed by atoms with Gasteiger partial charge in [-0.2, -0.15) is 0 Å². The average Bonchev–Trinajstić information content (AvgIpc) is 2.38. The fraction of sp³-hybridized carbons (Fsp3) is 0.471. The number of aliphatic hydroxyl groups is 1. The van der Waals surface area contributed by atoms with Crippen molar-refractivity contribution < 1.29 is 15.0 Å². The molecule has 0 unspecified atom stereocenters. The van der Waals surface area contributed by atoms with E-state index >= 15 is 0 Å². The first-order valence-corrected chi connectivity index (χ1v) is 7.22. The molecule has 1 saturated carbocycles. The molecule has 0 amide bonds. The molecular formula is C17H22O3. The van der Waals surface area contributed by atoms with E-state index in [4.69, 9.17) is 5.11 Å². The van der Waals surface area contributed by atoms with E-state index < -0.39 is 12.1 Å². The van der Waals surface area contributed by atoms with Gasteiger partial charge < -0.3 is 10.2 Å². The molecule has 0 heterocycles. The molecule has 2 rings (SSSR count). The maximum Gasteiger partial charge on any atom is 0.327 e. The predicted octanol–water partition coefficient (Wildman–Crippen LogP) is 3.21. The molecule has 4 atom stereocenters. The summed E-state index contributed by atoms with van der Waals surface area (Å²) in [5.74, 6) is 0.248. The molecule has 1 aromatic rings. The van der Waals surface area contributed by atoms with Crippen molar-refractivity contribution in [2.45, 2.75) is 38.2 Å². The third-order valence-electron chi connectivity index (χ3n) is 4.48. The first-order chi connectivity index (χ1) is 9.59. The van der Waals surface area contributed by atoms with Crippen LogP contribution in [0.3, 0.4) is 0 Å². The average molecular weight is 274 g/mol. The van der Waals surface area contributed by atoms with Crippen molar-refractivity contribution in [3.63, 3.8) is 0 Å². The maximum absolute atomic E-state index is 10.4. The maximum atomic E-state index is 10.4. The summed E-state index contributed by atoms with van der Waals surface area (Å²) < 4.78 is 0. The van der Waals surface area contributed by atoms with Crippen LogP contribution in [0.1, 0.15) is 37.7 Å². The van der Waals surface area contributed by atoms with Crippen molar-refractivity contribution in [2.24, 2.45) is 11.8 Å². The lowest BCUT2D eigenvalue weighted by atomic mass is 9.63. The lowest BCUT2D eigenvalue weighted by molar-refractivity contribution is -0.131. The standard InChI is InChI=1S/C17H22O3/c1-12(16(18)8-5-9-17(19)20)14-10-11-15(14)13-6-3-2-4-7-13/h2-7,9,12,14-16,18H,8,10-11H2,1H3,(H,19,20)/b9-5+/t12-,14-,15-,16+/m1/s1. The third kappa shape index (κ3) is 3.48. The number of aliphatic hydroxyl groups excluding tert-OH is 1. The van der Waals surface area contributed by atoms with E-state index in [2.05, 4.69) is 31.2 Å². The molecular weight excluding hydrogens is 252 g/mol. The van der Waals surface area contributed by atoms with Crippen LogP contribution in [-0.4, -0.2) is 22.3 Å². The number of aliphatic carboxylic acids is 1. The molecule has 0 aromatic heterocycles. The van der Waals surface area contributed by atoms with Crippen LogP contribution < -0.4 is 0 Å². The van der Waals surface area contributed by atoms with Gasteiger partial charge in [0.2, 0.25) is 0 Å². The van der Waals surface area contributed by atoms with Gasteiger partial charge in [-0.05, 0) is 42.6 Å². The smallest absolute Gasteiger partial charge is 0.327 e. The van der Waals surface area contributed by atoms with Gasteiger partial charge in [-0.3, -0.25) is 0 Å². The molecule has 1 aromatic carbocycles. The summed E-state index contributed by atoms with van der Waals surface area (Å²) in [7, 11) is 0. The summed E-state index contributed by atoms with van der Waals surface area (Å²) in [5, 5.41) is 18.7. The van der Waals surface area contributed by atoms with Crippen LogP contribution in [0.4, 0.5) is 0 Å². The van der Waals surface area contributed by atoms with E-state index in [-0.39, 0.29) is 5.92 Å². The highest BCUT2D eigenvalue weighted by atomic mass is 16.4. The van der Waals surface area contributed by atoms with Crippen LogP contribution >= 0.6 is 0 Å². The zero-order valence-electron chi connectivity index (χ0n) is 11.8. The minimum atomic E-state index is -0.962. The van der Waals surface area contributed by atoms with Gasteiger partial charge in [-0.25, -0.2) is 4.79 Å². The molecule has 0 aliphatic heterocycles. The number of rotatable bonds is 6. The van der Waals surface area contributed by atoms with Crippen molar-refractivity contribution in [1.82, 2.24) is 0 Å². The normalized spacial score (nSPS) is 25.1. The molecule has 3 heteroatoms. The monoisotopic (exact) mass is 274 g/mol. The summed E-state index contributed by atoms with van der Waals surface area (Å²) >= 11 is 0. The van der Waals surface area contributed by atoms with E-state index in [1.807, 2.05) is 6.07 Å². The molecule has 1 aliphatic rings. The van der Waals surface area contributed by atoms with Crippen molar-refractivity contribution in [3.8, 4) is 0 Å². The van der Waals surface area contributed by atoms with E-state index in [0.717, 1.165) is 12.5 Å². The Balaban J connectivity index is 1.92. The Kier molecular flexibility index (Phi) is 4.96. The molecule has 0 saturated heterocycles. The Bertz CT molecular complexity index is 466. The Morgan fingerprint density at radius 2 is 2.05 bits per heavy atom. The number of carboxylic acid groups (broad SMARTS) is 1. The van der Waals surface area contributed by atoms with Crippen LogP contribution in [0.2, 0.25) is 0 Å². The zero-order valence-corrected chi connectivity index (χ0v) is 11.8. The number of benzene rings is 1. The molecule has 20 heavy (non-hydrogen) atoms. The molecule has 0 spiro atoms.